The Kier molecular flexibility index (Phi) is 10.2. The number of amides is 1. The van der Waals surface area contributed by atoms with Crippen LogP contribution < -0.4 is 11.1 Å². The number of methoxy groups -OCH3 is 1. The zero-order valence-corrected chi connectivity index (χ0v) is 13.6. The zero-order chi connectivity index (χ0) is 19.0. The second kappa shape index (κ2) is 10.0. The average molecular weight is 344 g/mol. The lowest BCUT2D eigenvalue weighted by molar-refractivity contribution is -0.192. The van der Waals surface area contributed by atoms with Gasteiger partial charge in [0.2, 0.25) is 5.91 Å². The highest BCUT2D eigenvalue weighted by Crippen LogP contribution is 2.13. The quantitative estimate of drug-likeness (QED) is 0.638. The summed E-state index contributed by atoms with van der Waals surface area (Å²) in [6, 6.07) is -1.24. The number of alkyl halides is 3. The van der Waals surface area contributed by atoms with Crippen molar-refractivity contribution >= 4 is 17.8 Å². The molecule has 0 unspecified atom stereocenters. The maximum Gasteiger partial charge on any atom is 0.490 e. The predicted molar refractivity (Wildman–Crippen MR) is 75.3 cm³/mol. The first-order chi connectivity index (χ1) is 10.3. The summed E-state index contributed by atoms with van der Waals surface area (Å²) in [6.45, 7) is 7.38. The number of carboxylic acid groups (broad SMARTS) is 1. The second-order valence-electron chi connectivity index (χ2n) is 5.33. The number of carboxylic acids is 1. The molecular weight excluding hydrogens is 321 g/mol. The van der Waals surface area contributed by atoms with Crippen molar-refractivity contribution < 1.29 is 37.4 Å². The van der Waals surface area contributed by atoms with Crippen LogP contribution in [-0.4, -0.2) is 48.3 Å². The lowest BCUT2D eigenvalue weighted by atomic mass is 10.0. The van der Waals surface area contributed by atoms with Gasteiger partial charge >= 0.3 is 18.1 Å². The van der Waals surface area contributed by atoms with E-state index in [1.165, 1.54) is 7.11 Å². The van der Waals surface area contributed by atoms with Crippen molar-refractivity contribution in [2.75, 3.05) is 7.11 Å². The number of aliphatic carboxylic acids is 1. The van der Waals surface area contributed by atoms with Crippen molar-refractivity contribution in [2.24, 2.45) is 17.6 Å². The molecule has 0 radical (unpaired) electrons. The first kappa shape index (κ1) is 23.4. The number of carbonyl (C=O) groups excluding carboxylic acids is 2. The number of ether oxygens (including phenoxy) is 1. The first-order valence-corrected chi connectivity index (χ1v) is 6.69. The van der Waals surface area contributed by atoms with E-state index in [0.717, 1.165) is 0 Å². The molecule has 136 valence electrons. The molecule has 0 aliphatic carbocycles. The first-order valence-electron chi connectivity index (χ1n) is 6.69. The van der Waals surface area contributed by atoms with Crippen LogP contribution in [0.2, 0.25) is 0 Å². The molecule has 0 bridgehead atoms. The summed E-state index contributed by atoms with van der Waals surface area (Å²) in [6.07, 6.45) is -5.08. The monoisotopic (exact) mass is 344 g/mol. The third kappa shape index (κ3) is 9.72. The largest absolute Gasteiger partial charge is 0.490 e. The number of carbonyl (C=O) groups is 3. The Hall–Kier alpha value is -1.84. The molecule has 0 aromatic rings. The standard InChI is InChI=1S/C11H22N2O3.C2HF3O2/c1-6(2)8(12)10(14)13-9(7(3)4)11(15)16-5;3-2(4,5)1(6)7/h6-9H,12H2,1-5H3,(H,13,14);(H,6,7)/t8-,9-;/m0./s1. The van der Waals surface area contributed by atoms with E-state index >= 15 is 0 Å². The minimum absolute atomic E-state index is 0.0317. The van der Waals surface area contributed by atoms with Gasteiger partial charge in [0.15, 0.2) is 0 Å². The van der Waals surface area contributed by atoms with E-state index in [4.69, 9.17) is 15.6 Å². The van der Waals surface area contributed by atoms with Crippen LogP contribution in [0.25, 0.3) is 0 Å². The van der Waals surface area contributed by atoms with Crippen molar-refractivity contribution in [3.63, 3.8) is 0 Å². The smallest absolute Gasteiger partial charge is 0.475 e. The molecule has 0 saturated heterocycles. The molecule has 0 spiro atoms. The number of esters is 1. The van der Waals surface area contributed by atoms with Crippen LogP contribution in [-0.2, 0) is 19.1 Å². The van der Waals surface area contributed by atoms with Crippen LogP contribution in [0, 0.1) is 11.8 Å². The van der Waals surface area contributed by atoms with Crippen LogP contribution in [0.15, 0.2) is 0 Å². The van der Waals surface area contributed by atoms with Gasteiger partial charge in [0, 0.05) is 0 Å². The molecule has 1 amide bonds. The summed E-state index contributed by atoms with van der Waals surface area (Å²) in [5.41, 5.74) is 5.69. The van der Waals surface area contributed by atoms with Gasteiger partial charge in [-0.2, -0.15) is 13.2 Å². The van der Waals surface area contributed by atoms with E-state index in [2.05, 4.69) is 10.1 Å². The van der Waals surface area contributed by atoms with E-state index in [1.54, 1.807) is 0 Å². The maximum absolute atomic E-state index is 11.7. The summed E-state index contributed by atoms with van der Waals surface area (Å²) in [7, 11) is 1.30. The molecule has 0 aromatic heterocycles. The van der Waals surface area contributed by atoms with Crippen LogP contribution in [0.4, 0.5) is 13.2 Å². The number of hydrogen-bond donors (Lipinski definition) is 3. The van der Waals surface area contributed by atoms with Gasteiger partial charge in [-0.1, -0.05) is 27.7 Å². The van der Waals surface area contributed by atoms with Gasteiger partial charge in [0.1, 0.15) is 6.04 Å². The SMILES string of the molecule is COC(=O)[C@@H](NC(=O)[C@@H](N)C(C)C)C(C)C.O=C(O)C(F)(F)F. The van der Waals surface area contributed by atoms with Gasteiger partial charge in [-0.25, -0.2) is 9.59 Å². The average Bonchev–Trinajstić information content (AvgIpc) is 2.41. The molecule has 0 aliphatic heterocycles. The molecule has 0 saturated carbocycles. The van der Waals surface area contributed by atoms with Crippen molar-refractivity contribution in [3.05, 3.63) is 0 Å². The fraction of sp³-hybridized carbons (Fsp3) is 0.769. The van der Waals surface area contributed by atoms with E-state index in [0.29, 0.717) is 0 Å². The molecule has 7 nitrogen and oxygen atoms in total. The van der Waals surface area contributed by atoms with Crippen LogP contribution in [0.3, 0.4) is 0 Å². The Balaban J connectivity index is 0. The van der Waals surface area contributed by atoms with E-state index in [9.17, 15) is 22.8 Å². The second-order valence-corrected chi connectivity index (χ2v) is 5.33. The van der Waals surface area contributed by atoms with E-state index < -0.39 is 30.2 Å². The molecule has 0 fully saturated rings. The molecule has 0 heterocycles. The normalized spacial score (nSPS) is 13.7. The fourth-order valence-corrected chi connectivity index (χ4v) is 1.18. The summed E-state index contributed by atoms with van der Waals surface area (Å²) < 4.78 is 36.4. The maximum atomic E-state index is 11.7. The van der Waals surface area contributed by atoms with Gasteiger partial charge in [0.05, 0.1) is 13.2 Å². The third-order valence-electron chi connectivity index (χ3n) is 2.68. The topological polar surface area (TPSA) is 119 Å². The number of hydrogen-bond acceptors (Lipinski definition) is 5. The highest BCUT2D eigenvalue weighted by Gasteiger charge is 2.38. The summed E-state index contributed by atoms with van der Waals surface area (Å²) in [4.78, 5) is 32.0. The lowest BCUT2D eigenvalue weighted by Gasteiger charge is -2.23. The highest BCUT2D eigenvalue weighted by atomic mass is 19.4. The van der Waals surface area contributed by atoms with Crippen LogP contribution in [0.5, 0.6) is 0 Å². The molecule has 23 heavy (non-hydrogen) atoms. The number of nitrogens with two attached hydrogens (primary N) is 1. The van der Waals surface area contributed by atoms with Gasteiger partial charge in [0.25, 0.3) is 0 Å². The zero-order valence-electron chi connectivity index (χ0n) is 13.6. The van der Waals surface area contributed by atoms with E-state index in [-0.39, 0.29) is 17.7 Å². The Morgan fingerprint density at radius 1 is 1.09 bits per heavy atom. The minimum Gasteiger partial charge on any atom is -0.475 e. The van der Waals surface area contributed by atoms with Gasteiger partial charge in [-0.3, -0.25) is 4.79 Å². The van der Waals surface area contributed by atoms with Crippen molar-refractivity contribution in [2.45, 2.75) is 46.0 Å². The van der Waals surface area contributed by atoms with Crippen LogP contribution in [0.1, 0.15) is 27.7 Å². The van der Waals surface area contributed by atoms with Gasteiger partial charge in [-0.15, -0.1) is 0 Å². The fourth-order valence-electron chi connectivity index (χ4n) is 1.18. The highest BCUT2D eigenvalue weighted by molar-refractivity contribution is 5.87. The summed E-state index contributed by atoms with van der Waals surface area (Å²) in [5.74, 6) is -3.52. The Bertz CT molecular complexity index is 411. The number of nitrogens with one attached hydrogen (secondary N) is 1. The molecule has 0 rings (SSSR count). The molecule has 0 aliphatic rings. The van der Waals surface area contributed by atoms with Crippen molar-refractivity contribution in [3.8, 4) is 0 Å². The van der Waals surface area contributed by atoms with Crippen LogP contribution >= 0.6 is 0 Å². The predicted octanol–water partition coefficient (Wildman–Crippen LogP) is 0.917. The minimum atomic E-state index is -5.08. The molecule has 2 atom stereocenters. The molecule has 4 N–H and O–H groups in total. The van der Waals surface area contributed by atoms with Crippen molar-refractivity contribution in [1.82, 2.24) is 5.32 Å². The Morgan fingerprint density at radius 3 is 1.70 bits per heavy atom. The Labute approximate surface area is 132 Å². The molecule has 10 heteroatoms. The Morgan fingerprint density at radius 2 is 1.48 bits per heavy atom. The lowest BCUT2D eigenvalue weighted by Crippen LogP contribution is -2.52. The van der Waals surface area contributed by atoms with Crippen molar-refractivity contribution in [1.29, 1.82) is 0 Å². The summed E-state index contributed by atoms with van der Waals surface area (Å²) >= 11 is 0. The number of halogens is 3. The molecular formula is C13H23F3N2O5. The third-order valence-corrected chi connectivity index (χ3v) is 2.68. The van der Waals surface area contributed by atoms with Gasteiger partial charge in [-0.05, 0) is 11.8 Å². The molecule has 0 aromatic carbocycles. The van der Waals surface area contributed by atoms with Gasteiger partial charge < -0.3 is 20.9 Å². The van der Waals surface area contributed by atoms with E-state index in [1.807, 2.05) is 27.7 Å². The summed E-state index contributed by atoms with van der Waals surface area (Å²) in [5, 5.41) is 9.73. The number of rotatable bonds is 5.